The van der Waals surface area contributed by atoms with Crippen molar-refractivity contribution in [3.05, 3.63) is 34.2 Å². The Morgan fingerprint density at radius 2 is 2.25 bits per heavy atom. The summed E-state index contributed by atoms with van der Waals surface area (Å²) >= 11 is 5.63. The number of aromatic nitrogens is 1. The van der Waals surface area contributed by atoms with Crippen molar-refractivity contribution in [2.75, 3.05) is 19.0 Å². The van der Waals surface area contributed by atoms with Gasteiger partial charge in [0, 0.05) is 36.8 Å². The molecule has 0 bridgehead atoms. The zero-order valence-corrected chi connectivity index (χ0v) is 9.96. The minimum absolute atomic E-state index is 0.145. The van der Waals surface area contributed by atoms with E-state index in [4.69, 9.17) is 11.6 Å². The van der Waals surface area contributed by atoms with Crippen molar-refractivity contribution in [3.8, 4) is 0 Å². The lowest BCUT2D eigenvalue weighted by Gasteiger charge is -2.20. The maximum Gasteiger partial charge on any atom is 0.254 e. The van der Waals surface area contributed by atoms with Gasteiger partial charge >= 0.3 is 0 Å². The zero-order valence-electron chi connectivity index (χ0n) is 9.20. The molecule has 0 aromatic carbocycles. The summed E-state index contributed by atoms with van der Waals surface area (Å²) in [4.78, 5) is 27.2. The molecule has 1 aromatic heterocycles. The Balaban J connectivity index is 2.85. The van der Waals surface area contributed by atoms with Crippen LogP contribution < -0.4 is 5.56 Å². The van der Waals surface area contributed by atoms with Crippen LogP contribution in [0.25, 0.3) is 0 Å². The molecule has 0 unspecified atom stereocenters. The molecule has 0 aliphatic heterocycles. The summed E-state index contributed by atoms with van der Waals surface area (Å²) in [7, 11) is 0. The molecule has 0 aliphatic rings. The molecule has 88 valence electrons. The number of nitrogens with one attached hydrogen (secondary N) is 1. The fraction of sp³-hybridized carbons (Fsp3) is 0.455. The van der Waals surface area contributed by atoms with E-state index in [-0.39, 0.29) is 11.5 Å². The fourth-order valence-corrected chi connectivity index (χ4v) is 1.65. The van der Waals surface area contributed by atoms with Crippen LogP contribution in [0.4, 0.5) is 0 Å². The Morgan fingerprint density at radius 3 is 2.81 bits per heavy atom. The molecule has 0 spiro atoms. The van der Waals surface area contributed by atoms with E-state index in [0.717, 1.165) is 6.42 Å². The van der Waals surface area contributed by atoms with Gasteiger partial charge in [-0.1, -0.05) is 6.92 Å². The second-order valence-electron chi connectivity index (χ2n) is 3.42. The number of nitrogens with zero attached hydrogens (tertiary/aromatic N) is 1. The number of pyridine rings is 1. The molecule has 0 saturated heterocycles. The van der Waals surface area contributed by atoms with Gasteiger partial charge in [0.1, 0.15) is 0 Å². The van der Waals surface area contributed by atoms with Crippen molar-refractivity contribution in [1.82, 2.24) is 9.88 Å². The fourth-order valence-electron chi connectivity index (χ4n) is 1.45. The molecule has 0 saturated carbocycles. The summed E-state index contributed by atoms with van der Waals surface area (Å²) in [5, 5.41) is 0. The van der Waals surface area contributed by atoms with Gasteiger partial charge in [-0.2, -0.15) is 0 Å². The van der Waals surface area contributed by atoms with Crippen molar-refractivity contribution >= 4 is 17.5 Å². The minimum atomic E-state index is -0.270. The topological polar surface area (TPSA) is 53.2 Å². The first-order chi connectivity index (χ1) is 7.69. The Labute approximate surface area is 99.2 Å². The van der Waals surface area contributed by atoms with Crippen molar-refractivity contribution in [2.45, 2.75) is 13.3 Å². The van der Waals surface area contributed by atoms with E-state index in [1.165, 1.54) is 12.3 Å². The molecule has 5 heteroatoms. The Morgan fingerprint density at radius 1 is 1.50 bits per heavy atom. The van der Waals surface area contributed by atoms with E-state index in [1.54, 1.807) is 11.0 Å². The first-order valence-electron chi connectivity index (χ1n) is 5.23. The molecule has 0 aliphatic carbocycles. The summed E-state index contributed by atoms with van der Waals surface area (Å²) in [6.45, 7) is 3.14. The zero-order chi connectivity index (χ0) is 12.0. The molecule has 1 aromatic rings. The van der Waals surface area contributed by atoms with Gasteiger partial charge < -0.3 is 9.88 Å². The van der Waals surface area contributed by atoms with Crippen molar-refractivity contribution in [3.63, 3.8) is 0 Å². The summed E-state index contributed by atoms with van der Waals surface area (Å²) in [6.07, 6.45) is 2.34. The van der Waals surface area contributed by atoms with Gasteiger partial charge in [-0.3, -0.25) is 9.59 Å². The SMILES string of the molecule is CCCN(CCCl)C(=O)c1cc[nH]c(=O)c1. The van der Waals surface area contributed by atoms with Crippen molar-refractivity contribution in [2.24, 2.45) is 0 Å². The van der Waals surface area contributed by atoms with E-state index in [1.807, 2.05) is 6.92 Å². The summed E-state index contributed by atoms with van der Waals surface area (Å²) in [6, 6.07) is 2.90. The molecule has 0 radical (unpaired) electrons. The number of aromatic amines is 1. The average molecular weight is 243 g/mol. The number of rotatable bonds is 5. The Bertz CT molecular complexity index is 397. The quantitative estimate of drug-likeness (QED) is 0.795. The van der Waals surface area contributed by atoms with Crippen LogP contribution in [0.5, 0.6) is 0 Å². The van der Waals surface area contributed by atoms with Gasteiger partial charge in [0.05, 0.1) is 0 Å². The number of carbonyl (C=O) groups excluding carboxylic acids is 1. The molecular formula is C11H15ClN2O2. The normalized spacial score (nSPS) is 10.1. The van der Waals surface area contributed by atoms with Crippen molar-refractivity contribution in [1.29, 1.82) is 0 Å². The standard InChI is InChI=1S/C11H15ClN2O2/c1-2-6-14(7-4-12)11(16)9-3-5-13-10(15)8-9/h3,5,8H,2,4,6-7H2,1H3,(H,13,15). The van der Waals surface area contributed by atoms with Gasteiger partial charge in [-0.15, -0.1) is 11.6 Å². The number of H-pyrrole nitrogens is 1. The Kier molecular flexibility index (Phi) is 5.05. The average Bonchev–Trinajstić information content (AvgIpc) is 2.28. The molecule has 1 amide bonds. The Hall–Kier alpha value is -1.29. The highest BCUT2D eigenvalue weighted by atomic mass is 35.5. The van der Waals surface area contributed by atoms with E-state index in [9.17, 15) is 9.59 Å². The predicted molar refractivity (Wildman–Crippen MR) is 64.0 cm³/mol. The molecule has 1 rings (SSSR count). The smallest absolute Gasteiger partial charge is 0.254 e. The maximum atomic E-state index is 12.0. The van der Waals surface area contributed by atoms with Crippen LogP contribution in [-0.2, 0) is 0 Å². The lowest BCUT2D eigenvalue weighted by Crippen LogP contribution is -2.34. The van der Waals surface area contributed by atoms with Crippen LogP contribution in [0.3, 0.4) is 0 Å². The van der Waals surface area contributed by atoms with Crippen LogP contribution in [-0.4, -0.2) is 34.8 Å². The van der Waals surface area contributed by atoms with Gasteiger partial charge in [-0.05, 0) is 12.5 Å². The second kappa shape index (κ2) is 6.33. The van der Waals surface area contributed by atoms with Crippen LogP contribution in [0.2, 0.25) is 0 Å². The molecule has 4 nitrogen and oxygen atoms in total. The summed E-state index contributed by atoms with van der Waals surface area (Å²) < 4.78 is 0. The molecule has 0 fully saturated rings. The number of alkyl halides is 1. The lowest BCUT2D eigenvalue weighted by atomic mass is 10.2. The molecule has 16 heavy (non-hydrogen) atoms. The van der Waals surface area contributed by atoms with Gasteiger partial charge in [0.2, 0.25) is 5.56 Å². The molecular weight excluding hydrogens is 228 g/mol. The van der Waals surface area contributed by atoms with Gasteiger partial charge in [-0.25, -0.2) is 0 Å². The first-order valence-corrected chi connectivity index (χ1v) is 5.76. The third-order valence-corrected chi connectivity index (χ3v) is 2.33. The summed E-state index contributed by atoms with van der Waals surface area (Å²) in [5.41, 5.74) is 0.135. The molecule has 0 atom stereocenters. The van der Waals surface area contributed by atoms with Crippen molar-refractivity contribution < 1.29 is 4.79 Å². The number of halogens is 1. The van der Waals surface area contributed by atoms with E-state index >= 15 is 0 Å². The van der Waals surface area contributed by atoms with Crippen LogP contribution >= 0.6 is 11.6 Å². The van der Waals surface area contributed by atoms with E-state index in [0.29, 0.717) is 24.5 Å². The van der Waals surface area contributed by atoms with E-state index < -0.39 is 0 Å². The number of hydrogen-bond acceptors (Lipinski definition) is 2. The highest BCUT2D eigenvalue weighted by molar-refractivity contribution is 6.18. The highest BCUT2D eigenvalue weighted by Crippen LogP contribution is 2.03. The van der Waals surface area contributed by atoms with E-state index in [2.05, 4.69) is 4.98 Å². The lowest BCUT2D eigenvalue weighted by molar-refractivity contribution is 0.0765. The van der Waals surface area contributed by atoms with Gasteiger partial charge in [0.15, 0.2) is 0 Å². The molecule has 1 N–H and O–H groups in total. The number of amides is 1. The van der Waals surface area contributed by atoms with Crippen LogP contribution in [0, 0.1) is 0 Å². The van der Waals surface area contributed by atoms with Gasteiger partial charge in [0.25, 0.3) is 5.91 Å². The maximum absolute atomic E-state index is 12.0. The van der Waals surface area contributed by atoms with Crippen LogP contribution in [0.15, 0.2) is 23.1 Å². The number of hydrogen-bond donors (Lipinski definition) is 1. The minimum Gasteiger partial charge on any atom is -0.337 e. The molecule has 1 heterocycles. The second-order valence-corrected chi connectivity index (χ2v) is 3.80. The summed E-state index contributed by atoms with van der Waals surface area (Å²) in [5.74, 6) is 0.253. The van der Waals surface area contributed by atoms with Crippen LogP contribution in [0.1, 0.15) is 23.7 Å². The predicted octanol–water partition coefficient (Wildman–Crippen LogP) is 1.47. The largest absolute Gasteiger partial charge is 0.337 e. The highest BCUT2D eigenvalue weighted by Gasteiger charge is 2.14. The third-order valence-electron chi connectivity index (χ3n) is 2.16. The third kappa shape index (κ3) is 3.38. The first kappa shape index (κ1) is 12.8. The monoisotopic (exact) mass is 242 g/mol. The number of carbonyl (C=O) groups is 1.